The van der Waals surface area contributed by atoms with E-state index in [4.69, 9.17) is 28.4 Å². The molecule has 0 aliphatic carbocycles. The largest absolute Gasteiger partial charge is 0.493 e. The predicted octanol–water partition coefficient (Wildman–Crippen LogP) is 7.98. The summed E-state index contributed by atoms with van der Waals surface area (Å²) in [4.78, 5) is 61.3. The second-order valence-electron chi connectivity index (χ2n) is 16.8. The molecule has 4 amide bonds. The predicted molar refractivity (Wildman–Crippen MR) is 254 cm³/mol. The molecule has 1 aromatic heterocycles. The number of benzene rings is 2. The van der Waals surface area contributed by atoms with Gasteiger partial charge >= 0.3 is 12.2 Å². The molecule has 3 aromatic rings. The molecule has 3 heterocycles. The molecule has 0 bridgehead atoms. The number of hydrogen-bond acceptors (Lipinski definition) is 15. The van der Waals surface area contributed by atoms with Crippen molar-refractivity contribution in [3.05, 3.63) is 84.1 Å². The number of nitrogens with zero attached hydrogens (tertiary/aromatic N) is 3. The second kappa shape index (κ2) is 24.2. The first-order valence-electron chi connectivity index (χ1n) is 21.6. The average molecular weight is 952 g/mol. The number of carbonyl (C=O) groups excluding carboxylic acids is 4. The van der Waals surface area contributed by atoms with Crippen LogP contribution < -0.4 is 29.6 Å². The lowest BCUT2D eigenvalue weighted by molar-refractivity contribution is 0.0634. The van der Waals surface area contributed by atoms with Crippen molar-refractivity contribution in [2.24, 2.45) is 0 Å². The fraction of sp³-hybridized carbons (Fsp3) is 0.468. The van der Waals surface area contributed by atoms with Gasteiger partial charge in [0, 0.05) is 36.7 Å². The number of pyridine rings is 1. The molecule has 66 heavy (non-hydrogen) atoms. The number of methoxy groups -OCH3 is 2. The second-order valence-corrected chi connectivity index (χ2v) is 19.5. The van der Waals surface area contributed by atoms with Gasteiger partial charge < -0.3 is 48.4 Å². The Morgan fingerprint density at radius 3 is 1.76 bits per heavy atom. The molecule has 2 saturated heterocycles. The minimum Gasteiger partial charge on any atom is -0.493 e. The smallest absolute Gasteiger partial charge is 0.412 e. The Morgan fingerprint density at radius 1 is 0.788 bits per heavy atom. The van der Waals surface area contributed by atoms with Gasteiger partial charge in [0.15, 0.2) is 23.0 Å². The van der Waals surface area contributed by atoms with Crippen molar-refractivity contribution >= 4 is 57.0 Å². The fourth-order valence-corrected chi connectivity index (χ4v) is 9.02. The molecule has 4 N–H and O–H groups in total. The molecule has 0 unspecified atom stereocenters. The van der Waals surface area contributed by atoms with Gasteiger partial charge in [0.05, 0.1) is 75.2 Å². The Hall–Kier alpha value is -5.63. The third kappa shape index (κ3) is 14.4. The van der Waals surface area contributed by atoms with Crippen LogP contribution in [-0.2, 0) is 9.47 Å². The number of aromatic nitrogens is 1. The van der Waals surface area contributed by atoms with Crippen molar-refractivity contribution in [2.75, 3.05) is 71.0 Å². The van der Waals surface area contributed by atoms with Gasteiger partial charge in [-0.2, -0.15) is 0 Å². The topological polar surface area (TPSA) is 208 Å². The molecule has 2 aliphatic rings. The van der Waals surface area contributed by atoms with E-state index in [1.165, 1.54) is 69.9 Å². The number of aliphatic hydroxyl groups is 2. The van der Waals surface area contributed by atoms with Crippen LogP contribution in [0, 0.1) is 0 Å². The van der Waals surface area contributed by atoms with Crippen LogP contribution in [0.1, 0.15) is 80.5 Å². The number of likely N-dealkylation sites (tertiary alicyclic amines) is 2. The Balaban J connectivity index is 1.23. The minimum atomic E-state index is -0.799. The number of unbranched alkanes of at least 4 members (excludes halogenated alkanes) is 2. The normalized spacial score (nSPS) is 16.4. The summed E-state index contributed by atoms with van der Waals surface area (Å²) in [5, 5.41) is 26.2. The molecular weight excluding hydrogens is 891 g/mol. The van der Waals surface area contributed by atoms with Gasteiger partial charge in [0.25, 0.3) is 11.8 Å². The van der Waals surface area contributed by atoms with Crippen LogP contribution in [0.4, 0.5) is 21.0 Å². The van der Waals surface area contributed by atoms with Gasteiger partial charge in [-0.25, -0.2) is 14.6 Å². The highest BCUT2D eigenvalue weighted by molar-refractivity contribution is 8.76. The Kier molecular flexibility index (Phi) is 18.9. The number of rotatable bonds is 21. The van der Waals surface area contributed by atoms with Crippen LogP contribution in [-0.4, -0.2) is 132 Å². The lowest BCUT2D eigenvalue weighted by atomic mass is 10.1. The Morgan fingerprint density at radius 2 is 1.30 bits per heavy atom. The van der Waals surface area contributed by atoms with E-state index in [1.807, 2.05) is 25.1 Å². The van der Waals surface area contributed by atoms with Gasteiger partial charge in [-0.15, -0.1) is 0 Å². The van der Waals surface area contributed by atoms with Crippen LogP contribution >= 0.6 is 21.6 Å². The van der Waals surface area contributed by atoms with Gasteiger partial charge in [-0.1, -0.05) is 41.2 Å². The Bertz CT molecular complexity index is 2200. The SMILES string of the molecule is C=C1C[C@@H](CO)N(C(=O)c2cc(OC)c(OCCCCCOc3cc(NC(=O)OC(C)(C)C)c(C(=O)N4CC(=C)C[C@H]4CO)cc3OC)cc2NC(=O)OC[C@@H](C)SSc2ccccn2)C1. The van der Waals surface area contributed by atoms with Gasteiger partial charge in [-0.3, -0.25) is 20.2 Å². The quantitative estimate of drug-likeness (QED) is 0.0454. The van der Waals surface area contributed by atoms with Crippen molar-refractivity contribution in [2.45, 2.75) is 87.8 Å². The van der Waals surface area contributed by atoms with E-state index >= 15 is 0 Å². The molecule has 17 nitrogen and oxygen atoms in total. The highest BCUT2D eigenvalue weighted by Crippen LogP contribution is 2.38. The maximum Gasteiger partial charge on any atom is 0.412 e. The van der Waals surface area contributed by atoms with Crippen LogP contribution in [0.2, 0.25) is 0 Å². The van der Waals surface area contributed by atoms with E-state index in [0.29, 0.717) is 37.9 Å². The van der Waals surface area contributed by atoms with E-state index in [0.717, 1.165) is 16.2 Å². The van der Waals surface area contributed by atoms with Crippen LogP contribution in [0.3, 0.4) is 0 Å². The minimum absolute atomic E-state index is 0.0794. The van der Waals surface area contributed by atoms with Crippen molar-refractivity contribution in [3.63, 3.8) is 0 Å². The highest BCUT2D eigenvalue weighted by atomic mass is 33.1. The zero-order chi connectivity index (χ0) is 48.0. The number of anilines is 2. The highest BCUT2D eigenvalue weighted by Gasteiger charge is 2.35. The molecule has 2 fully saturated rings. The maximum absolute atomic E-state index is 14.0. The monoisotopic (exact) mass is 951 g/mol. The number of aliphatic hydroxyl groups excluding tert-OH is 2. The third-order valence-electron chi connectivity index (χ3n) is 10.3. The summed E-state index contributed by atoms with van der Waals surface area (Å²) in [6.45, 7) is 15.7. The molecule has 0 radical (unpaired) electrons. The average Bonchev–Trinajstić information content (AvgIpc) is 3.87. The Labute approximate surface area is 394 Å². The summed E-state index contributed by atoms with van der Waals surface area (Å²) in [6, 6.07) is 10.8. The van der Waals surface area contributed by atoms with Crippen molar-refractivity contribution in [1.82, 2.24) is 14.8 Å². The summed E-state index contributed by atoms with van der Waals surface area (Å²) < 4.78 is 34.6. The first kappa shape index (κ1) is 51.4. The molecule has 358 valence electrons. The third-order valence-corrected chi connectivity index (χ3v) is 13.1. The number of carbonyl (C=O) groups is 4. The summed E-state index contributed by atoms with van der Waals surface area (Å²) in [5.41, 5.74) is 1.37. The molecule has 3 atom stereocenters. The standard InChI is InChI=1S/C47H61N5O12S2/c1-29-18-32(26-53)51(24-29)43(55)34-20-38(59-7)40(22-36(34)49-45(57)63-28-31(3)65-66-42-14-10-11-15-48-42)61-16-12-9-13-17-62-41-23-37(50-46(58)64-47(4,5)6)35(21-39(41)60-8)44(56)52-25-30(2)19-33(52)27-54/h10-11,14-15,20-23,31-33,53-54H,1-2,9,12-13,16-19,24-28H2,3-8H3,(H,49,57)(H,50,58)/t31-,32+,33+/m1/s1. The van der Waals surface area contributed by atoms with Crippen molar-refractivity contribution in [1.29, 1.82) is 0 Å². The molecule has 0 spiro atoms. The fourth-order valence-electron chi connectivity index (χ4n) is 7.15. The summed E-state index contributed by atoms with van der Waals surface area (Å²) in [7, 11) is 5.88. The van der Waals surface area contributed by atoms with E-state index in [1.54, 1.807) is 27.0 Å². The maximum atomic E-state index is 14.0. The van der Waals surface area contributed by atoms with E-state index in [9.17, 15) is 29.4 Å². The lowest BCUT2D eigenvalue weighted by Gasteiger charge is -2.25. The number of ether oxygens (including phenoxy) is 6. The van der Waals surface area contributed by atoms with Crippen molar-refractivity contribution in [3.8, 4) is 23.0 Å². The van der Waals surface area contributed by atoms with Crippen LogP contribution in [0.25, 0.3) is 0 Å². The number of hydrogen-bond donors (Lipinski definition) is 4. The molecule has 2 aromatic carbocycles. The van der Waals surface area contributed by atoms with E-state index in [2.05, 4.69) is 28.8 Å². The molecule has 19 heteroatoms. The number of nitrogens with one attached hydrogen (secondary N) is 2. The zero-order valence-electron chi connectivity index (χ0n) is 38.4. The summed E-state index contributed by atoms with van der Waals surface area (Å²) in [5.74, 6) is 0.262. The van der Waals surface area contributed by atoms with Gasteiger partial charge in [-0.05, 0) is 94.9 Å². The van der Waals surface area contributed by atoms with Gasteiger partial charge in [0.2, 0.25) is 0 Å². The van der Waals surface area contributed by atoms with E-state index < -0.39 is 41.7 Å². The number of amides is 4. The molecule has 5 rings (SSSR count). The van der Waals surface area contributed by atoms with Crippen molar-refractivity contribution < 1.29 is 57.8 Å². The molecular formula is C47H61N5O12S2. The van der Waals surface area contributed by atoms with Gasteiger partial charge in [0.1, 0.15) is 17.2 Å². The summed E-state index contributed by atoms with van der Waals surface area (Å²) in [6.07, 6.45) is 2.94. The lowest BCUT2D eigenvalue weighted by Crippen LogP contribution is -2.38. The first-order valence-corrected chi connectivity index (χ1v) is 23.8. The summed E-state index contributed by atoms with van der Waals surface area (Å²) >= 11 is 0. The van der Waals surface area contributed by atoms with Crippen LogP contribution in [0.15, 0.2) is 78.0 Å². The van der Waals surface area contributed by atoms with Crippen LogP contribution in [0.5, 0.6) is 23.0 Å². The first-order chi connectivity index (χ1) is 31.5. The zero-order valence-corrected chi connectivity index (χ0v) is 40.0. The molecule has 2 aliphatic heterocycles. The van der Waals surface area contributed by atoms with E-state index in [-0.39, 0.29) is 91.1 Å². The molecule has 0 saturated carbocycles.